The highest BCUT2D eigenvalue weighted by Crippen LogP contribution is 2.54. The van der Waals surface area contributed by atoms with E-state index < -0.39 is 42.9 Å². The number of nitrogens with one attached hydrogen (secondary N) is 3. The number of carbonyl (C=O) groups is 1. The van der Waals surface area contributed by atoms with Gasteiger partial charge in [0.25, 0.3) is 21.6 Å². The molecule has 0 unspecified atom stereocenters. The van der Waals surface area contributed by atoms with Crippen LogP contribution in [0.1, 0.15) is 98.3 Å². The molecule has 2 saturated heterocycles. The van der Waals surface area contributed by atoms with Gasteiger partial charge in [-0.3, -0.25) is 24.7 Å². The maximum absolute atomic E-state index is 14.7. The molecule has 10 rings (SSSR count). The number of hydrogen-bond acceptors (Lipinski definition) is 14. The van der Waals surface area contributed by atoms with E-state index in [2.05, 4.69) is 85.0 Å². The lowest BCUT2D eigenvalue weighted by Gasteiger charge is -2.63. The summed E-state index contributed by atoms with van der Waals surface area (Å²) >= 11 is 0. The van der Waals surface area contributed by atoms with E-state index in [4.69, 9.17) is 14.2 Å². The molecule has 0 radical (unpaired) electrons. The van der Waals surface area contributed by atoms with Gasteiger partial charge in [0.2, 0.25) is 0 Å². The number of anilines is 2. The van der Waals surface area contributed by atoms with Gasteiger partial charge in [0.15, 0.2) is 11.5 Å². The molecule has 2 aliphatic heterocycles. The second kappa shape index (κ2) is 20.7. The lowest BCUT2D eigenvalue weighted by molar-refractivity contribution is -0.384. The molecule has 2 saturated carbocycles. The highest BCUT2D eigenvalue weighted by atomic mass is 32.2. The van der Waals surface area contributed by atoms with Crippen molar-refractivity contribution < 1.29 is 41.8 Å². The minimum atomic E-state index is -4.65. The molecule has 4 fully saturated rings. The third-order valence-electron chi connectivity index (χ3n) is 15.9. The number of nitro groups is 1. The van der Waals surface area contributed by atoms with E-state index >= 15 is 0 Å². The molecule has 1 amide bonds. The minimum absolute atomic E-state index is 0.0112. The molecule has 17 nitrogen and oxygen atoms in total. The van der Waals surface area contributed by atoms with E-state index in [1.54, 1.807) is 33.3 Å². The van der Waals surface area contributed by atoms with Crippen molar-refractivity contribution in [1.29, 1.82) is 0 Å². The van der Waals surface area contributed by atoms with Crippen LogP contribution in [0.2, 0.25) is 0 Å². The first-order chi connectivity index (χ1) is 35.9. The van der Waals surface area contributed by atoms with Crippen molar-refractivity contribution in [2.45, 2.75) is 94.3 Å². The lowest BCUT2D eigenvalue weighted by atomic mass is 9.59. The second-order valence-corrected chi connectivity index (χ2v) is 23.2. The van der Waals surface area contributed by atoms with Gasteiger partial charge in [0.05, 0.1) is 46.8 Å². The third-order valence-corrected chi connectivity index (χ3v) is 17.2. The zero-order valence-corrected chi connectivity index (χ0v) is 43.8. The number of aromatic amines is 1. The Kier molecular flexibility index (Phi) is 14.3. The summed E-state index contributed by atoms with van der Waals surface area (Å²) in [5.74, 6) is 0.518. The number of carbonyl (C=O) groups excluding carboxylic acids is 1. The number of piperazine rings is 1. The fourth-order valence-electron chi connectivity index (χ4n) is 11.8. The number of pyridine rings is 1. The standard InChI is InChI=1S/C56H65FN8O9S/c1-35(2)42-8-6-7-9-43(42)49-32-62(31-37-10-15-50(72-4)52(22-37)73-5)20-21-64(49)39-26-56(27-39)33-63(34-56)38-11-13-44(51(23-38)74-40-24-45-46(57)30-60-53(45)59-29-40)54(66)61-75(70,71)41-12-14-47(48(25-41)65(68)69)58-28-36-16-18-55(3,67)19-17-36/h6-15,22-25,29-30,35-36,39,49,58,67H,16-21,26-28,31-34H2,1-5H3,(H,59,60)(H,61,66)/t36-,49-,55-/m1/s1. The Hall–Kier alpha value is -6.80. The molecule has 75 heavy (non-hydrogen) atoms. The van der Waals surface area contributed by atoms with Crippen LogP contribution >= 0.6 is 0 Å². The van der Waals surface area contributed by atoms with E-state index in [-0.39, 0.29) is 45.5 Å². The number of amides is 1. The number of benzene rings is 4. The molecule has 19 heteroatoms. The number of ether oxygens (including phenoxy) is 3. The van der Waals surface area contributed by atoms with E-state index in [0.29, 0.717) is 42.7 Å². The summed E-state index contributed by atoms with van der Waals surface area (Å²) in [5.41, 5.74) is 3.85. The molecule has 6 aromatic rings. The largest absolute Gasteiger partial charge is 0.493 e. The molecule has 4 aliphatic rings. The number of halogens is 1. The van der Waals surface area contributed by atoms with Crippen LogP contribution in [0.25, 0.3) is 11.0 Å². The van der Waals surface area contributed by atoms with E-state index in [1.807, 2.05) is 6.07 Å². The summed E-state index contributed by atoms with van der Waals surface area (Å²) in [6.45, 7) is 11.8. The molecule has 1 atom stereocenters. The van der Waals surface area contributed by atoms with Crippen LogP contribution in [0.3, 0.4) is 0 Å². The number of aliphatic hydroxyl groups is 1. The predicted molar refractivity (Wildman–Crippen MR) is 284 cm³/mol. The Morgan fingerprint density at radius 2 is 1.73 bits per heavy atom. The topological polar surface area (TPSA) is 205 Å². The van der Waals surface area contributed by atoms with Crippen molar-refractivity contribution in [3.63, 3.8) is 0 Å². The average Bonchev–Trinajstić information content (AvgIpc) is 3.75. The molecule has 0 bridgehead atoms. The minimum Gasteiger partial charge on any atom is -0.493 e. The molecule has 396 valence electrons. The second-order valence-electron chi connectivity index (χ2n) is 21.6. The smallest absolute Gasteiger partial charge is 0.293 e. The molecule has 4 N–H and O–H groups in total. The molecule has 4 heterocycles. The quantitative estimate of drug-likeness (QED) is 0.0496. The maximum atomic E-state index is 14.7. The van der Waals surface area contributed by atoms with Gasteiger partial charge in [-0.25, -0.2) is 22.5 Å². The normalized spacial score (nSPS) is 21.1. The molecule has 4 aromatic carbocycles. The van der Waals surface area contributed by atoms with Crippen LogP contribution in [0, 0.1) is 27.3 Å². The maximum Gasteiger partial charge on any atom is 0.293 e. The number of methoxy groups -OCH3 is 2. The molecular formula is C56H65FN8O9S. The van der Waals surface area contributed by atoms with Gasteiger partial charge in [-0.1, -0.05) is 44.2 Å². The Balaban J connectivity index is 0.848. The van der Waals surface area contributed by atoms with Crippen LogP contribution < -0.4 is 29.1 Å². The fourth-order valence-corrected chi connectivity index (χ4v) is 12.7. The first kappa shape index (κ1) is 51.7. The number of sulfonamides is 1. The number of nitro benzene ring substituents is 1. The summed E-state index contributed by atoms with van der Waals surface area (Å²) in [5, 5.41) is 25.8. The Morgan fingerprint density at radius 1 is 0.973 bits per heavy atom. The average molecular weight is 1050 g/mol. The Bertz CT molecular complexity index is 3220. The summed E-state index contributed by atoms with van der Waals surface area (Å²) in [4.78, 5) is 39.7. The number of H-pyrrole nitrogens is 1. The van der Waals surface area contributed by atoms with Gasteiger partial charge >= 0.3 is 0 Å². The van der Waals surface area contributed by atoms with Gasteiger partial charge in [0.1, 0.15) is 28.7 Å². The predicted octanol–water partition coefficient (Wildman–Crippen LogP) is 9.54. The van der Waals surface area contributed by atoms with E-state index in [0.717, 1.165) is 82.5 Å². The highest BCUT2D eigenvalue weighted by Gasteiger charge is 2.55. The van der Waals surface area contributed by atoms with Gasteiger partial charge in [-0.2, -0.15) is 0 Å². The van der Waals surface area contributed by atoms with E-state index in [1.165, 1.54) is 53.3 Å². The summed E-state index contributed by atoms with van der Waals surface area (Å²) in [6, 6.07) is 25.4. The van der Waals surface area contributed by atoms with Crippen molar-refractivity contribution in [2.75, 3.05) is 63.7 Å². The molecule has 2 aromatic heterocycles. The summed E-state index contributed by atoms with van der Waals surface area (Å²) < 4.78 is 61.9. The number of rotatable bonds is 17. The van der Waals surface area contributed by atoms with Crippen molar-refractivity contribution in [3.8, 4) is 23.0 Å². The van der Waals surface area contributed by atoms with Crippen molar-refractivity contribution in [1.82, 2.24) is 24.5 Å². The van der Waals surface area contributed by atoms with E-state index in [9.17, 15) is 32.8 Å². The zero-order chi connectivity index (χ0) is 52.8. The monoisotopic (exact) mass is 1040 g/mol. The van der Waals surface area contributed by atoms with Crippen LogP contribution in [0.5, 0.6) is 23.0 Å². The lowest BCUT2D eigenvalue weighted by Crippen LogP contribution is -2.68. The molecule has 2 aliphatic carbocycles. The Labute approximate surface area is 436 Å². The van der Waals surface area contributed by atoms with Crippen LogP contribution in [-0.4, -0.2) is 109 Å². The van der Waals surface area contributed by atoms with Gasteiger partial charge in [-0.05, 0) is 116 Å². The van der Waals surface area contributed by atoms with Gasteiger partial charge < -0.3 is 34.5 Å². The molecular weight excluding hydrogens is 980 g/mol. The summed E-state index contributed by atoms with van der Waals surface area (Å²) in [6.07, 6.45) is 7.32. The van der Waals surface area contributed by atoms with Crippen LogP contribution in [0.4, 0.5) is 21.5 Å². The molecule has 1 spiro atoms. The number of nitrogens with zero attached hydrogens (tertiary/aromatic N) is 5. The SMILES string of the molecule is COc1ccc(CN2CCN(C3CC4(C3)CN(c3ccc(C(=O)NS(=O)(=O)c5ccc(NC[C@H]6CC[C@](C)(O)CC6)c([N+](=O)[O-])c5)c(Oc5cnc6[nH]cc(F)c6c5)c3)C4)[C@@H](c3ccccc3C(C)C)C2)cc1OC. The first-order valence-corrected chi connectivity index (χ1v) is 27.2. The highest BCUT2D eigenvalue weighted by molar-refractivity contribution is 7.90. The number of hydrogen-bond donors (Lipinski definition) is 4. The summed E-state index contributed by atoms with van der Waals surface area (Å²) in [7, 11) is -1.34. The van der Waals surface area contributed by atoms with Crippen LogP contribution in [0.15, 0.2) is 102 Å². The van der Waals surface area contributed by atoms with Crippen LogP contribution in [-0.2, 0) is 16.6 Å². The van der Waals surface area contributed by atoms with Gasteiger partial charge in [0, 0.05) is 87.3 Å². The Morgan fingerprint density at radius 3 is 2.47 bits per heavy atom. The number of aromatic nitrogens is 2. The van der Waals surface area contributed by atoms with Gasteiger partial charge in [-0.15, -0.1) is 0 Å². The zero-order valence-electron chi connectivity index (χ0n) is 43.0. The van der Waals surface area contributed by atoms with Crippen molar-refractivity contribution >= 4 is 44.0 Å². The number of fused-ring (bicyclic) bond motifs is 1. The third kappa shape index (κ3) is 10.9. The van der Waals surface area contributed by atoms with Crippen molar-refractivity contribution in [2.24, 2.45) is 11.3 Å². The fraction of sp³-hybridized carbons (Fsp3) is 0.429. The first-order valence-electron chi connectivity index (χ1n) is 25.7. The van der Waals surface area contributed by atoms with Crippen molar-refractivity contribution in [3.05, 3.63) is 136 Å².